The molecular weight excluding hydrogens is 416 g/mol. The summed E-state index contributed by atoms with van der Waals surface area (Å²) in [6.45, 7) is -1.15. The third-order valence-corrected chi connectivity index (χ3v) is 4.86. The second-order valence-corrected chi connectivity index (χ2v) is 7.13. The summed E-state index contributed by atoms with van der Waals surface area (Å²) in [5, 5.41) is 8.32. The van der Waals surface area contributed by atoms with E-state index in [1.807, 2.05) is 0 Å². The van der Waals surface area contributed by atoms with Gasteiger partial charge in [-0.05, 0) is 12.1 Å². The van der Waals surface area contributed by atoms with Gasteiger partial charge in [0.15, 0.2) is 17.5 Å². The number of hydrogen-bond donors (Lipinski definition) is 0. The van der Waals surface area contributed by atoms with E-state index in [1.54, 1.807) is 30.3 Å². The van der Waals surface area contributed by atoms with Gasteiger partial charge >= 0.3 is 0 Å². The predicted octanol–water partition coefficient (Wildman–Crippen LogP) is 3.78. The molecule has 0 N–H and O–H groups in total. The minimum atomic E-state index is -2.88. The first kappa shape index (κ1) is 19.2. The molecule has 4 heterocycles. The van der Waals surface area contributed by atoms with Crippen LogP contribution in [0.2, 0.25) is 0 Å². The summed E-state index contributed by atoms with van der Waals surface area (Å²) < 4.78 is 61.1. The van der Waals surface area contributed by atoms with E-state index in [1.165, 1.54) is 17.0 Å². The number of nitrogens with zero attached hydrogens (tertiary/aromatic N) is 6. The van der Waals surface area contributed by atoms with Crippen LogP contribution in [0.1, 0.15) is 5.56 Å². The van der Waals surface area contributed by atoms with Crippen LogP contribution < -0.4 is 4.90 Å². The minimum Gasteiger partial charge on any atom is -0.364 e. The Morgan fingerprint density at radius 1 is 1.03 bits per heavy atom. The first-order valence-corrected chi connectivity index (χ1v) is 9.27. The van der Waals surface area contributed by atoms with E-state index in [2.05, 4.69) is 20.2 Å². The molecule has 0 atom stereocenters. The zero-order valence-electron chi connectivity index (χ0n) is 15.8. The average Bonchev–Trinajstić information content (AvgIpc) is 3.38. The Labute approximate surface area is 172 Å². The maximum atomic E-state index is 14.2. The number of aromatic nitrogens is 5. The number of alkyl halides is 2. The monoisotopic (exact) mass is 430 g/mol. The quantitative estimate of drug-likeness (QED) is 0.449. The maximum Gasteiger partial charge on any atom is 0.282 e. The molecule has 5 rings (SSSR count). The molecule has 0 bridgehead atoms. The Morgan fingerprint density at radius 2 is 1.84 bits per heavy atom. The highest BCUT2D eigenvalue weighted by Gasteiger charge is 2.45. The maximum absolute atomic E-state index is 14.2. The van der Waals surface area contributed by atoms with Crippen molar-refractivity contribution in [3.8, 4) is 22.9 Å². The normalized spacial score (nSPS) is 15.2. The molecule has 3 aromatic heterocycles. The lowest BCUT2D eigenvalue weighted by molar-refractivity contribution is -0.0270. The van der Waals surface area contributed by atoms with E-state index in [9.17, 15) is 17.6 Å². The van der Waals surface area contributed by atoms with Crippen molar-refractivity contribution in [1.82, 2.24) is 24.9 Å². The number of hydrogen-bond acceptors (Lipinski definition) is 6. The fourth-order valence-corrected chi connectivity index (χ4v) is 3.35. The molecule has 4 aromatic rings. The molecule has 1 aliphatic rings. The van der Waals surface area contributed by atoms with Gasteiger partial charge in [-0.1, -0.05) is 23.4 Å². The Hall–Kier alpha value is -3.76. The van der Waals surface area contributed by atoms with Crippen molar-refractivity contribution in [2.24, 2.45) is 0 Å². The lowest BCUT2D eigenvalue weighted by Gasteiger charge is -2.39. The van der Waals surface area contributed by atoms with Gasteiger partial charge in [0.25, 0.3) is 5.92 Å². The van der Waals surface area contributed by atoms with Gasteiger partial charge < -0.3 is 9.42 Å². The summed E-state index contributed by atoms with van der Waals surface area (Å²) in [6, 6.07) is 9.46. The fraction of sp³-hybridized carbons (Fsp3) is 0.200. The number of halogens is 4. The van der Waals surface area contributed by atoms with Crippen LogP contribution >= 0.6 is 0 Å². The van der Waals surface area contributed by atoms with Crippen LogP contribution in [0.5, 0.6) is 0 Å². The van der Waals surface area contributed by atoms with Gasteiger partial charge in [-0.3, -0.25) is 4.68 Å². The molecule has 1 fully saturated rings. The standard InChI is InChI=1S/C20H14F4N6O/c21-13-4-2-1-3-12(13)9-30-17(15-5-6-31-28-15)7-16(27-30)18-25-8-14(22)19(26-18)29-10-20(23,24)11-29/h1-8H,9-11H2. The lowest BCUT2D eigenvalue weighted by atomic mass is 10.1. The second-order valence-electron chi connectivity index (χ2n) is 7.13. The van der Waals surface area contributed by atoms with Crippen molar-refractivity contribution < 1.29 is 22.1 Å². The molecule has 0 saturated carbocycles. The number of anilines is 1. The second kappa shape index (κ2) is 7.18. The topological polar surface area (TPSA) is 72.9 Å². The summed E-state index contributed by atoms with van der Waals surface area (Å²) in [5.41, 5.74) is 1.59. The van der Waals surface area contributed by atoms with Crippen molar-refractivity contribution in [1.29, 1.82) is 0 Å². The predicted molar refractivity (Wildman–Crippen MR) is 101 cm³/mol. The summed E-state index contributed by atoms with van der Waals surface area (Å²) in [4.78, 5) is 9.19. The van der Waals surface area contributed by atoms with Crippen LogP contribution in [0.25, 0.3) is 22.9 Å². The summed E-state index contributed by atoms with van der Waals surface area (Å²) in [5.74, 6) is -4.25. The zero-order chi connectivity index (χ0) is 21.6. The van der Waals surface area contributed by atoms with Crippen molar-refractivity contribution >= 4 is 5.82 Å². The molecular formula is C20H14F4N6O. The summed E-state index contributed by atoms with van der Waals surface area (Å²) in [7, 11) is 0. The molecule has 0 unspecified atom stereocenters. The third kappa shape index (κ3) is 3.62. The van der Waals surface area contributed by atoms with Gasteiger partial charge in [-0.15, -0.1) is 0 Å². The average molecular weight is 430 g/mol. The van der Waals surface area contributed by atoms with Crippen LogP contribution in [0.15, 0.2) is 53.4 Å². The van der Waals surface area contributed by atoms with Gasteiger partial charge in [-0.25, -0.2) is 27.5 Å². The van der Waals surface area contributed by atoms with Gasteiger partial charge in [0.05, 0.1) is 31.5 Å². The van der Waals surface area contributed by atoms with Gasteiger partial charge in [0, 0.05) is 11.6 Å². The largest absolute Gasteiger partial charge is 0.364 e. The van der Waals surface area contributed by atoms with Crippen LogP contribution in [-0.2, 0) is 6.54 Å². The highest BCUT2D eigenvalue weighted by molar-refractivity contribution is 5.63. The van der Waals surface area contributed by atoms with E-state index in [0.29, 0.717) is 17.0 Å². The van der Waals surface area contributed by atoms with Crippen molar-refractivity contribution in [3.05, 3.63) is 66.1 Å². The van der Waals surface area contributed by atoms with Crippen molar-refractivity contribution in [2.75, 3.05) is 18.0 Å². The Morgan fingerprint density at radius 3 is 2.55 bits per heavy atom. The molecule has 0 radical (unpaired) electrons. The molecule has 11 heteroatoms. The van der Waals surface area contributed by atoms with E-state index < -0.39 is 30.6 Å². The third-order valence-electron chi connectivity index (χ3n) is 4.86. The minimum absolute atomic E-state index is 0.0450. The van der Waals surface area contributed by atoms with Crippen molar-refractivity contribution in [2.45, 2.75) is 12.5 Å². The van der Waals surface area contributed by atoms with Crippen LogP contribution in [0.4, 0.5) is 23.4 Å². The Bertz CT molecular complexity index is 1230. The first-order valence-electron chi connectivity index (χ1n) is 9.27. The fourth-order valence-electron chi connectivity index (χ4n) is 3.35. The molecule has 0 aliphatic carbocycles. The molecule has 7 nitrogen and oxygen atoms in total. The van der Waals surface area contributed by atoms with E-state index in [0.717, 1.165) is 11.1 Å². The first-order chi connectivity index (χ1) is 14.9. The zero-order valence-corrected chi connectivity index (χ0v) is 15.8. The number of benzene rings is 1. The molecule has 1 aromatic carbocycles. The van der Waals surface area contributed by atoms with Crippen molar-refractivity contribution in [3.63, 3.8) is 0 Å². The molecule has 31 heavy (non-hydrogen) atoms. The van der Waals surface area contributed by atoms with Crippen LogP contribution in [-0.4, -0.2) is 43.9 Å². The van der Waals surface area contributed by atoms with E-state index >= 15 is 0 Å². The smallest absolute Gasteiger partial charge is 0.282 e. The Kier molecular flexibility index (Phi) is 4.45. The highest BCUT2D eigenvalue weighted by atomic mass is 19.3. The summed E-state index contributed by atoms with van der Waals surface area (Å²) in [6.07, 6.45) is 2.30. The Balaban J connectivity index is 1.54. The molecule has 1 saturated heterocycles. The van der Waals surface area contributed by atoms with E-state index in [4.69, 9.17) is 4.52 Å². The van der Waals surface area contributed by atoms with Crippen LogP contribution in [0.3, 0.4) is 0 Å². The number of rotatable bonds is 5. The summed E-state index contributed by atoms with van der Waals surface area (Å²) >= 11 is 0. The molecule has 0 amide bonds. The van der Waals surface area contributed by atoms with Gasteiger partial charge in [0.2, 0.25) is 0 Å². The van der Waals surface area contributed by atoms with Gasteiger partial charge in [-0.2, -0.15) is 5.10 Å². The lowest BCUT2D eigenvalue weighted by Crippen LogP contribution is -2.57. The van der Waals surface area contributed by atoms with Crippen LogP contribution in [0, 0.1) is 11.6 Å². The van der Waals surface area contributed by atoms with Gasteiger partial charge in [0.1, 0.15) is 23.5 Å². The van der Waals surface area contributed by atoms with E-state index in [-0.39, 0.29) is 23.9 Å². The SMILES string of the molecule is Fc1ccccc1Cn1nc(-c2ncc(F)c(N3CC(F)(F)C3)n2)cc1-c1ccon1. The highest BCUT2D eigenvalue weighted by Crippen LogP contribution is 2.33. The molecule has 158 valence electrons. The molecule has 1 aliphatic heterocycles. The molecule has 0 spiro atoms.